The molecule has 3 heterocycles. The number of hydrogen-bond acceptors (Lipinski definition) is 11. The van der Waals surface area contributed by atoms with Gasteiger partial charge in [0.15, 0.2) is 16.9 Å². The number of benzene rings is 5. The van der Waals surface area contributed by atoms with Gasteiger partial charge in [0, 0.05) is 5.38 Å². The van der Waals surface area contributed by atoms with Crippen LogP contribution in [-0.4, -0.2) is 54.4 Å². The molecule has 0 saturated carbocycles. The Kier molecular flexibility index (Phi) is 12.4. The van der Waals surface area contributed by atoms with Gasteiger partial charge in [-0.05, 0) is 34.7 Å². The number of alkyl halides is 1. The Bertz CT molecular complexity index is 2420. The Morgan fingerprint density at radius 3 is 1.83 bits per heavy atom. The molecule has 1 fully saturated rings. The van der Waals surface area contributed by atoms with Crippen molar-refractivity contribution in [2.45, 2.75) is 28.3 Å². The van der Waals surface area contributed by atoms with Gasteiger partial charge in [0.05, 0.1) is 14.9 Å². The van der Waals surface area contributed by atoms with Gasteiger partial charge in [0.1, 0.15) is 22.5 Å². The van der Waals surface area contributed by atoms with Crippen LogP contribution in [0, 0.1) is 0 Å². The first-order valence-corrected chi connectivity index (χ1v) is 24.0. The summed E-state index contributed by atoms with van der Waals surface area (Å²) in [5.74, 6) is -0.630. The van der Waals surface area contributed by atoms with Crippen molar-refractivity contribution in [3.8, 4) is 0 Å². The van der Waals surface area contributed by atoms with Crippen molar-refractivity contribution in [1.82, 2.24) is 14.6 Å². The number of halogens is 1. The third-order valence-corrected chi connectivity index (χ3v) is 20.0. The topological polar surface area (TPSA) is 131 Å². The highest BCUT2D eigenvalue weighted by molar-refractivity contribution is 8.53. The number of rotatable bonds is 13. The molecule has 16 heteroatoms. The minimum Gasteiger partial charge on any atom is -0.443 e. The normalized spacial score (nSPS) is 20.0. The number of ether oxygens (including phenoxy) is 2. The fourth-order valence-corrected chi connectivity index (χ4v) is 17.3. The molecule has 1 aromatic heterocycles. The number of oxime groups is 1. The van der Waals surface area contributed by atoms with E-state index in [1.54, 1.807) is 12.3 Å². The number of thiazole rings is 1. The average molecular weight is 897 g/mol. The van der Waals surface area contributed by atoms with Crippen LogP contribution in [0.25, 0.3) is 0 Å². The Hall–Kier alpha value is -5.45. The predicted octanol–water partition coefficient (Wildman–Crippen LogP) is 9.36. The molecule has 0 radical (unpaired) electrons. The van der Waals surface area contributed by atoms with Crippen molar-refractivity contribution >= 4 is 81.9 Å². The highest BCUT2D eigenvalue weighted by Gasteiger charge is 2.56. The summed E-state index contributed by atoms with van der Waals surface area (Å²) in [5.41, 5.74) is 2.86. The second kappa shape index (κ2) is 18.0. The van der Waals surface area contributed by atoms with Gasteiger partial charge >= 0.3 is 11.4 Å². The molecule has 8 rings (SSSR count). The van der Waals surface area contributed by atoms with Gasteiger partial charge < -0.3 is 24.9 Å². The van der Waals surface area contributed by atoms with E-state index in [2.05, 4.69) is 52.2 Å². The van der Waals surface area contributed by atoms with E-state index in [-0.39, 0.29) is 16.6 Å². The van der Waals surface area contributed by atoms with Crippen LogP contribution in [0.5, 0.6) is 0 Å². The smallest absolute Gasteiger partial charge is 0.426 e. The molecule has 2 aliphatic heterocycles. The van der Waals surface area contributed by atoms with Gasteiger partial charge in [-0.25, -0.2) is 14.6 Å². The molecule has 5 aromatic carbocycles. The van der Waals surface area contributed by atoms with E-state index in [9.17, 15) is 14.4 Å². The number of hydrogen-bond donors (Lipinski definition) is 2. The van der Waals surface area contributed by atoms with Crippen molar-refractivity contribution in [1.29, 1.82) is 0 Å². The minimum atomic E-state index is -1.56. The lowest BCUT2D eigenvalue weighted by molar-refractivity contribution is -0.115. The number of nitrogens with one attached hydrogen (secondary N) is 2. The first-order valence-electron chi connectivity index (χ1n) is 18.6. The molecule has 2 amide bonds. The summed E-state index contributed by atoms with van der Waals surface area (Å²) in [6.45, 7) is 1.76. The number of anilines is 1. The summed E-state index contributed by atoms with van der Waals surface area (Å²) in [6.07, 6.45) is -1.43. The molecule has 60 heavy (non-hydrogen) atoms. The summed E-state index contributed by atoms with van der Waals surface area (Å²) in [5, 5.41) is 12.5. The second-order valence-corrected chi connectivity index (χ2v) is 21.8. The largest absolute Gasteiger partial charge is 0.443 e. The molecule has 2 N–H and O–H groups in total. The van der Waals surface area contributed by atoms with Crippen LogP contribution >= 0.6 is 34.7 Å². The van der Waals surface area contributed by atoms with E-state index in [4.69, 9.17) is 30.9 Å². The molecule has 11 nitrogen and oxygen atoms in total. The average Bonchev–Trinajstić information content (AvgIpc) is 3.75. The molecule has 306 valence electrons. The van der Waals surface area contributed by atoms with Crippen LogP contribution in [0.3, 0.4) is 0 Å². The van der Waals surface area contributed by atoms with Crippen LogP contribution in [0.1, 0.15) is 46.5 Å². The molecule has 1 saturated heterocycles. The maximum absolute atomic E-state index is 14.5. The van der Waals surface area contributed by atoms with Crippen molar-refractivity contribution in [3.05, 3.63) is 191 Å². The van der Waals surface area contributed by atoms with E-state index in [0.29, 0.717) is 5.13 Å². The zero-order chi connectivity index (χ0) is 41.7. The Morgan fingerprint density at radius 2 is 1.37 bits per heavy atom. The van der Waals surface area contributed by atoms with Gasteiger partial charge in [0.25, 0.3) is 5.91 Å². The third kappa shape index (κ3) is 8.07. The maximum Gasteiger partial charge on any atom is 0.426 e. The lowest BCUT2D eigenvalue weighted by Crippen LogP contribution is -2.65. The molecular weight excluding hydrogens is 858 g/mol. The van der Waals surface area contributed by atoms with Gasteiger partial charge in [-0.15, -0.1) is 22.9 Å². The number of aromatic nitrogens is 1. The zero-order valence-corrected chi connectivity index (χ0v) is 36.2. The standard InChI is InChI=1S/C44H38ClN5O6S4/c1-43(58-41-50(40(52)56-41)60(59(43)29-45)42(53)55-37(30-18-8-3-9-19-30)31-20-10-4-11-21-31)47-38(51)36(49-54-2)35-28-57-39(46-35)48-44(32-22-12-5-13-23-32,33-24-14-6-15-25-33)34-26-16-7-17-27-34/h3-28,37,41H,29H2,1-2H3,(H,46,48)(H,47,51)/b49-36-/t41-,43+,59?,60?/m1/s1. The second-order valence-electron chi connectivity index (χ2n) is 13.4. The molecule has 0 spiro atoms. The molecule has 2 aliphatic rings. The Morgan fingerprint density at radius 1 is 0.867 bits per heavy atom. The SMILES string of the molecule is CO/N=C(\C(=O)N[C@@]1(C)S[C@H]2OC(=O)N2S(C(=O)OC(c2ccccc2)c2ccccc2)=S1CCl)c1csc(NC(c2ccccc2)(c2ccccc2)c2ccccc2)n1. The number of fused-ring (bicyclic) bond motifs is 1. The number of carbonyl (C=O) groups is 3. The number of amides is 2. The Labute approximate surface area is 364 Å². The fraction of sp³-hybridized carbons (Fsp3) is 0.159. The summed E-state index contributed by atoms with van der Waals surface area (Å²) < 4.78 is 11.9. The molecule has 0 bridgehead atoms. The lowest BCUT2D eigenvalue weighted by Gasteiger charge is -2.49. The number of carbonyl (C=O) groups excluding carboxylic acids is 3. The maximum atomic E-state index is 14.5. The number of nitrogens with zero attached hydrogens (tertiary/aromatic N) is 3. The van der Waals surface area contributed by atoms with Gasteiger partial charge in [-0.2, -0.15) is 4.31 Å². The predicted molar refractivity (Wildman–Crippen MR) is 241 cm³/mol. The number of thioether (sulfide) groups is 1. The monoisotopic (exact) mass is 895 g/mol. The van der Waals surface area contributed by atoms with E-state index in [1.165, 1.54) is 34.5 Å². The summed E-state index contributed by atoms with van der Waals surface area (Å²) in [6, 6.07) is 49.0. The Balaban J connectivity index is 1.12. The van der Waals surface area contributed by atoms with Crippen LogP contribution in [0.15, 0.2) is 162 Å². The first-order chi connectivity index (χ1) is 29.3. The van der Waals surface area contributed by atoms with Gasteiger partial charge in [-0.3, -0.25) is 4.79 Å². The lowest BCUT2D eigenvalue weighted by atomic mass is 9.77. The first kappa shape index (κ1) is 41.3. The van der Waals surface area contributed by atoms with Crippen molar-refractivity contribution in [2.75, 3.05) is 17.6 Å². The van der Waals surface area contributed by atoms with Crippen LogP contribution < -0.4 is 10.6 Å². The fourth-order valence-electron chi connectivity index (χ4n) is 6.99. The van der Waals surface area contributed by atoms with Gasteiger partial charge in [0.2, 0.25) is 5.56 Å². The van der Waals surface area contributed by atoms with Crippen molar-refractivity contribution < 1.29 is 28.7 Å². The van der Waals surface area contributed by atoms with E-state index >= 15 is 0 Å². The molecular formula is C44H38ClN5O6S4. The summed E-state index contributed by atoms with van der Waals surface area (Å²) in [4.78, 5) is 52.0. The highest BCUT2D eigenvalue weighted by atomic mass is 35.5. The summed E-state index contributed by atoms with van der Waals surface area (Å²) in [7, 11) is -1.41. The van der Waals surface area contributed by atoms with E-state index < -0.39 is 57.8 Å². The van der Waals surface area contributed by atoms with Crippen LogP contribution in [0.4, 0.5) is 14.7 Å². The quantitative estimate of drug-likeness (QED) is 0.0383. The summed E-state index contributed by atoms with van der Waals surface area (Å²) >= 11 is 9.19. The molecule has 4 atom stereocenters. The molecule has 0 aliphatic carbocycles. The highest BCUT2D eigenvalue weighted by Crippen LogP contribution is 2.46. The molecule has 6 aromatic rings. The van der Waals surface area contributed by atoms with Gasteiger partial charge in [-0.1, -0.05) is 178 Å². The third-order valence-electron chi connectivity index (χ3n) is 9.76. The van der Waals surface area contributed by atoms with E-state index in [1.807, 2.05) is 115 Å². The van der Waals surface area contributed by atoms with E-state index in [0.717, 1.165) is 27.8 Å². The van der Waals surface area contributed by atoms with Crippen LogP contribution in [-0.2, 0) is 43.7 Å². The molecule has 2 unspecified atom stereocenters. The minimum absolute atomic E-state index is 0.0815. The van der Waals surface area contributed by atoms with Crippen molar-refractivity contribution in [2.24, 2.45) is 5.16 Å². The van der Waals surface area contributed by atoms with Crippen LogP contribution in [0.2, 0.25) is 0 Å². The zero-order valence-electron chi connectivity index (χ0n) is 32.2. The van der Waals surface area contributed by atoms with Crippen molar-refractivity contribution in [3.63, 3.8) is 0 Å².